The molecule has 0 spiro atoms. The minimum atomic E-state index is -0.475. The fraction of sp³-hybridized carbons (Fsp3) is 0.600. The Morgan fingerprint density at radius 1 is 0.483 bits per heavy atom. The first kappa shape index (κ1) is 49.9. The fourth-order valence-electron chi connectivity index (χ4n) is 6.99. The third-order valence-corrected chi connectivity index (χ3v) is 10.7. The minimum Gasteiger partial charge on any atom is -0.494 e. The third-order valence-electron chi connectivity index (χ3n) is 10.7. The summed E-state index contributed by atoms with van der Waals surface area (Å²) >= 11 is 0. The van der Waals surface area contributed by atoms with Gasteiger partial charge >= 0.3 is 23.9 Å². The number of ether oxygens (including phenoxy) is 6. The average Bonchev–Trinajstić information content (AvgIpc) is 3.24. The first-order valence-corrected chi connectivity index (χ1v) is 22.7. The molecular weight excluding hydrogens is 761 g/mol. The first-order valence-electron chi connectivity index (χ1n) is 22.7. The molecule has 0 saturated heterocycles. The predicted octanol–water partition coefficient (Wildman–Crippen LogP) is 12.0. The molecule has 2 aromatic carbocycles. The number of carbonyl (C=O) groups excluding carboxylic acids is 4. The smallest absolute Gasteiger partial charge is 0.343 e. The molecule has 2 aromatic rings. The second-order valence-corrected chi connectivity index (χ2v) is 16.2. The molecule has 10 heteroatoms. The van der Waals surface area contributed by atoms with Crippen molar-refractivity contribution in [2.75, 3.05) is 26.4 Å². The van der Waals surface area contributed by atoms with E-state index < -0.39 is 5.97 Å². The summed E-state index contributed by atoms with van der Waals surface area (Å²) in [5.74, 6) is 0.0523. The van der Waals surface area contributed by atoms with Crippen LogP contribution in [-0.2, 0) is 28.6 Å². The average molecular weight is 833 g/mol. The molecule has 1 aliphatic rings. The van der Waals surface area contributed by atoms with Crippen LogP contribution in [0.1, 0.15) is 165 Å². The van der Waals surface area contributed by atoms with Crippen molar-refractivity contribution in [1.82, 2.24) is 0 Å². The fourth-order valence-corrected chi connectivity index (χ4v) is 6.99. The molecule has 0 atom stereocenters. The summed E-state index contributed by atoms with van der Waals surface area (Å²) in [7, 11) is 0. The normalized spacial score (nSPS) is 14.8. The van der Waals surface area contributed by atoms with Crippen molar-refractivity contribution < 1.29 is 47.6 Å². The van der Waals surface area contributed by atoms with E-state index in [0.29, 0.717) is 53.8 Å². The van der Waals surface area contributed by atoms with Crippen molar-refractivity contribution in [3.05, 3.63) is 78.4 Å². The zero-order valence-corrected chi connectivity index (χ0v) is 36.7. The number of esters is 4. The van der Waals surface area contributed by atoms with Crippen LogP contribution in [0, 0.1) is 5.92 Å². The second kappa shape index (κ2) is 30.6. The maximum Gasteiger partial charge on any atom is 0.343 e. The third kappa shape index (κ3) is 22.2. The lowest BCUT2D eigenvalue weighted by Gasteiger charge is -2.27. The van der Waals surface area contributed by atoms with Gasteiger partial charge in [-0.05, 0) is 114 Å². The van der Waals surface area contributed by atoms with Crippen LogP contribution >= 0.6 is 0 Å². The van der Waals surface area contributed by atoms with Gasteiger partial charge in [0.15, 0.2) is 0 Å². The van der Waals surface area contributed by atoms with Crippen molar-refractivity contribution in [2.45, 2.75) is 161 Å². The van der Waals surface area contributed by atoms with E-state index in [2.05, 4.69) is 13.2 Å². The van der Waals surface area contributed by atoms with Gasteiger partial charge in [0.1, 0.15) is 17.2 Å². The van der Waals surface area contributed by atoms with Gasteiger partial charge in [0.2, 0.25) is 0 Å². The molecule has 0 heterocycles. The number of rotatable bonds is 32. The Morgan fingerprint density at radius 2 is 0.867 bits per heavy atom. The van der Waals surface area contributed by atoms with Gasteiger partial charge in [-0.25, -0.2) is 14.4 Å². The largest absolute Gasteiger partial charge is 0.494 e. The first-order chi connectivity index (χ1) is 29.1. The van der Waals surface area contributed by atoms with Crippen molar-refractivity contribution in [2.24, 2.45) is 5.92 Å². The monoisotopic (exact) mass is 833 g/mol. The quantitative estimate of drug-likeness (QED) is 0.0304. The molecule has 1 saturated carbocycles. The van der Waals surface area contributed by atoms with E-state index in [9.17, 15) is 19.2 Å². The van der Waals surface area contributed by atoms with Crippen LogP contribution in [0.4, 0.5) is 0 Å². The predicted molar refractivity (Wildman–Crippen MR) is 235 cm³/mol. The van der Waals surface area contributed by atoms with Crippen LogP contribution in [0.25, 0.3) is 0 Å². The minimum absolute atomic E-state index is 0.147. The van der Waals surface area contributed by atoms with Gasteiger partial charge in [-0.3, -0.25) is 4.79 Å². The van der Waals surface area contributed by atoms with Gasteiger partial charge in [0.25, 0.3) is 0 Å². The summed E-state index contributed by atoms with van der Waals surface area (Å²) in [4.78, 5) is 48.4. The van der Waals surface area contributed by atoms with Crippen LogP contribution in [0.15, 0.2) is 72.8 Å². The van der Waals surface area contributed by atoms with E-state index in [1.54, 1.807) is 62.4 Å². The van der Waals surface area contributed by atoms with Gasteiger partial charge in [0, 0.05) is 17.8 Å². The van der Waals surface area contributed by atoms with E-state index in [-0.39, 0.29) is 29.9 Å². The molecule has 0 unspecified atom stereocenters. The van der Waals surface area contributed by atoms with Gasteiger partial charge in [-0.1, -0.05) is 103 Å². The summed E-state index contributed by atoms with van der Waals surface area (Å²) in [5, 5.41) is 0. The highest BCUT2D eigenvalue weighted by atomic mass is 16.5. The van der Waals surface area contributed by atoms with Crippen LogP contribution in [-0.4, -0.2) is 56.4 Å². The molecule has 1 aliphatic carbocycles. The number of carbonyl (C=O) groups is 4. The molecule has 0 N–H and O–H groups in total. The van der Waals surface area contributed by atoms with E-state index in [0.717, 1.165) is 83.7 Å². The highest BCUT2D eigenvalue weighted by molar-refractivity contribution is 5.91. The van der Waals surface area contributed by atoms with E-state index >= 15 is 0 Å². The zero-order chi connectivity index (χ0) is 43.2. The maximum absolute atomic E-state index is 12.9. The molecule has 1 fully saturated rings. The molecule has 332 valence electrons. The molecule has 60 heavy (non-hydrogen) atoms. The van der Waals surface area contributed by atoms with Crippen LogP contribution in [0.2, 0.25) is 0 Å². The molecule has 0 radical (unpaired) electrons. The Kier molecular flexibility index (Phi) is 25.4. The number of benzene rings is 2. The Hall–Kier alpha value is -4.44. The summed E-state index contributed by atoms with van der Waals surface area (Å²) in [6.45, 7) is 12.9. The van der Waals surface area contributed by atoms with Gasteiger partial charge < -0.3 is 28.4 Å². The van der Waals surface area contributed by atoms with Gasteiger partial charge in [-0.2, -0.15) is 0 Å². The second-order valence-electron chi connectivity index (χ2n) is 16.2. The van der Waals surface area contributed by atoms with Crippen molar-refractivity contribution in [1.29, 1.82) is 0 Å². The molecule has 0 aromatic heterocycles. The lowest BCUT2D eigenvalue weighted by molar-refractivity contribution is -0.141. The lowest BCUT2D eigenvalue weighted by Crippen LogP contribution is -2.29. The SMILES string of the molecule is C=C(C)C(=O)OCCCCCCCCCCCOc1ccc(C(=O)Oc2ccc(OC(=O)C3CCC(OCCCCCCCCCCCOC(=O)C(=C)C)CC3)cc2)cc1. The lowest BCUT2D eigenvalue weighted by atomic mass is 9.87. The number of hydrogen-bond donors (Lipinski definition) is 0. The summed E-state index contributed by atoms with van der Waals surface area (Å²) < 4.78 is 33.5. The van der Waals surface area contributed by atoms with E-state index in [1.165, 1.54) is 64.2 Å². The highest BCUT2D eigenvalue weighted by Crippen LogP contribution is 2.29. The molecule has 0 amide bonds. The Labute approximate surface area is 359 Å². The van der Waals surface area contributed by atoms with Gasteiger partial charge in [-0.15, -0.1) is 0 Å². The molecular formula is C50H72O10. The standard InChI is InChI=1S/C50H72O10/c1-39(2)47(51)57-37-21-17-13-9-5-7-11-15-19-35-55-43-27-23-41(24-28-43)49(53)59-45-31-33-46(34-32-45)60-50(54)42-25-29-44(30-26-42)56-36-20-16-12-8-6-10-14-18-22-38-58-48(52)40(3)4/h23-24,27-28,31-34,42,44H,1,3,5-22,25-26,29-30,35-38H2,2,4H3. The van der Waals surface area contributed by atoms with Crippen LogP contribution in [0.5, 0.6) is 17.2 Å². The summed E-state index contributed by atoms with van der Waals surface area (Å²) in [6.07, 6.45) is 23.8. The zero-order valence-electron chi connectivity index (χ0n) is 36.7. The van der Waals surface area contributed by atoms with E-state index in [4.69, 9.17) is 28.4 Å². The Bertz CT molecular complexity index is 1560. The molecule has 10 nitrogen and oxygen atoms in total. The Balaban J connectivity index is 1.16. The van der Waals surface area contributed by atoms with Crippen molar-refractivity contribution in [3.8, 4) is 17.2 Å². The van der Waals surface area contributed by atoms with E-state index in [1.807, 2.05) is 0 Å². The molecule has 0 bridgehead atoms. The van der Waals surface area contributed by atoms with Crippen molar-refractivity contribution >= 4 is 23.9 Å². The highest BCUT2D eigenvalue weighted by Gasteiger charge is 2.28. The van der Waals surface area contributed by atoms with Crippen LogP contribution in [0.3, 0.4) is 0 Å². The summed E-state index contributed by atoms with van der Waals surface area (Å²) in [5.41, 5.74) is 1.32. The summed E-state index contributed by atoms with van der Waals surface area (Å²) in [6, 6.07) is 13.5. The Morgan fingerprint density at radius 3 is 1.32 bits per heavy atom. The van der Waals surface area contributed by atoms with Gasteiger partial charge in [0.05, 0.1) is 37.4 Å². The molecule has 0 aliphatic heterocycles. The topological polar surface area (TPSA) is 124 Å². The number of hydrogen-bond acceptors (Lipinski definition) is 10. The van der Waals surface area contributed by atoms with Crippen LogP contribution < -0.4 is 14.2 Å². The maximum atomic E-state index is 12.9. The molecule has 3 rings (SSSR count). The number of unbranched alkanes of at least 4 members (excludes halogenated alkanes) is 16. The van der Waals surface area contributed by atoms with Crippen molar-refractivity contribution in [3.63, 3.8) is 0 Å².